The van der Waals surface area contributed by atoms with Gasteiger partial charge in [0.2, 0.25) is 10.0 Å². The molecule has 0 saturated carbocycles. The number of nitrogens with two attached hydrogens (primary N) is 1. The van der Waals surface area contributed by atoms with Gasteiger partial charge in [-0.2, -0.15) is 0 Å². The van der Waals surface area contributed by atoms with Crippen LogP contribution in [0.1, 0.15) is 5.56 Å². The molecule has 2 aromatic carbocycles. The summed E-state index contributed by atoms with van der Waals surface area (Å²) in [5.74, 6) is -1.50. The van der Waals surface area contributed by atoms with Gasteiger partial charge < -0.3 is 5.73 Å². The zero-order valence-corrected chi connectivity index (χ0v) is 11.1. The molecular formula is C13H12F2N2O2S. The molecule has 7 heteroatoms. The highest BCUT2D eigenvalue weighted by Crippen LogP contribution is 2.21. The number of nitrogen functional groups attached to an aromatic ring is 1. The maximum atomic E-state index is 13.6. The minimum Gasteiger partial charge on any atom is -0.398 e. The molecule has 0 bridgehead atoms. The fraction of sp³-hybridized carbons (Fsp3) is 0.0769. The first kappa shape index (κ1) is 14.4. The molecule has 0 aliphatic rings. The molecule has 0 heterocycles. The van der Waals surface area contributed by atoms with E-state index in [1.165, 1.54) is 30.3 Å². The van der Waals surface area contributed by atoms with Gasteiger partial charge in [-0.15, -0.1) is 0 Å². The molecule has 0 saturated heterocycles. The monoisotopic (exact) mass is 298 g/mol. The van der Waals surface area contributed by atoms with Crippen molar-refractivity contribution in [2.75, 3.05) is 5.73 Å². The second-order valence-electron chi connectivity index (χ2n) is 4.07. The lowest BCUT2D eigenvalue weighted by Gasteiger charge is -2.10. The summed E-state index contributed by atoms with van der Waals surface area (Å²) in [6, 6.07) is 9.28. The van der Waals surface area contributed by atoms with Gasteiger partial charge in [-0.25, -0.2) is 21.9 Å². The highest BCUT2D eigenvalue weighted by molar-refractivity contribution is 7.89. The first-order valence-electron chi connectivity index (χ1n) is 5.69. The molecule has 0 aliphatic heterocycles. The van der Waals surface area contributed by atoms with E-state index in [9.17, 15) is 17.2 Å². The van der Waals surface area contributed by atoms with E-state index in [1.54, 1.807) is 6.07 Å². The summed E-state index contributed by atoms with van der Waals surface area (Å²) < 4.78 is 53.1. The van der Waals surface area contributed by atoms with E-state index in [2.05, 4.69) is 4.72 Å². The third-order valence-corrected chi connectivity index (χ3v) is 4.17. The van der Waals surface area contributed by atoms with Crippen LogP contribution in [0.15, 0.2) is 47.4 Å². The van der Waals surface area contributed by atoms with E-state index < -0.39 is 26.6 Å². The fourth-order valence-electron chi connectivity index (χ4n) is 1.70. The third kappa shape index (κ3) is 2.94. The molecule has 0 fully saturated rings. The number of hydrogen-bond acceptors (Lipinski definition) is 3. The topological polar surface area (TPSA) is 72.2 Å². The van der Waals surface area contributed by atoms with Gasteiger partial charge in [-0.3, -0.25) is 0 Å². The van der Waals surface area contributed by atoms with Crippen LogP contribution < -0.4 is 10.5 Å². The van der Waals surface area contributed by atoms with Gasteiger partial charge in [-0.1, -0.05) is 24.3 Å². The van der Waals surface area contributed by atoms with Crippen LogP contribution in [0.3, 0.4) is 0 Å². The largest absolute Gasteiger partial charge is 0.398 e. The highest BCUT2D eigenvalue weighted by Gasteiger charge is 2.22. The van der Waals surface area contributed by atoms with E-state index in [1.807, 2.05) is 0 Å². The number of anilines is 1. The Bertz CT molecular complexity index is 713. The van der Waals surface area contributed by atoms with Crippen molar-refractivity contribution in [1.29, 1.82) is 0 Å². The zero-order valence-electron chi connectivity index (χ0n) is 10.3. The molecule has 4 nitrogen and oxygen atoms in total. The van der Waals surface area contributed by atoms with Gasteiger partial charge in [-0.05, 0) is 18.2 Å². The van der Waals surface area contributed by atoms with Crippen LogP contribution in [-0.4, -0.2) is 8.42 Å². The van der Waals surface area contributed by atoms with Gasteiger partial charge in [0, 0.05) is 12.1 Å². The Morgan fingerprint density at radius 3 is 2.30 bits per heavy atom. The molecule has 0 aromatic heterocycles. The SMILES string of the molecule is Nc1cccc(F)c1S(=O)(=O)NCc1ccccc1F. The molecule has 2 rings (SSSR count). The maximum absolute atomic E-state index is 13.6. The summed E-state index contributed by atoms with van der Waals surface area (Å²) in [7, 11) is -4.15. The highest BCUT2D eigenvalue weighted by atomic mass is 32.2. The van der Waals surface area contributed by atoms with Crippen molar-refractivity contribution in [3.05, 3.63) is 59.7 Å². The summed E-state index contributed by atoms with van der Waals surface area (Å²) in [6.07, 6.45) is 0. The number of hydrogen-bond donors (Lipinski definition) is 2. The van der Waals surface area contributed by atoms with Crippen molar-refractivity contribution >= 4 is 15.7 Å². The molecule has 0 atom stereocenters. The van der Waals surface area contributed by atoms with Crippen molar-refractivity contribution in [2.24, 2.45) is 0 Å². The minimum absolute atomic E-state index is 0.158. The van der Waals surface area contributed by atoms with Crippen molar-refractivity contribution < 1.29 is 17.2 Å². The Labute approximate surface area is 115 Å². The van der Waals surface area contributed by atoms with Crippen molar-refractivity contribution in [1.82, 2.24) is 4.72 Å². The Morgan fingerprint density at radius 1 is 1.00 bits per heavy atom. The van der Waals surface area contributed by atoms with Crippen molar-refractivity contribution in [3.63, 3.8) is 0 Å². The van der Waals surface area contributed by atoms with Gasteiger partial charge in [0.1, 0.15) is 16.5 Å². The number of sulfonamides is 1. The minimum atomic E-state index is -4.15. The van der Waals surface area contributed by atoms with E-state index in [-0.39, 0.29) is 17.8 Å². The lowest BCUT2D eigenvalue weighted by Crippen LogP contribution is -2.25. The van der Waals surface area contributed by atoms with E-state index in [0.29, 0.717) is 0 Å². The number of nitrogens with one attached hydrogen (secondary N) is 1. The quantitative estimate of drug-likeness (QED) is 0.848. The number of benzene rings is 2. The molecule has 0 radical (unpaired) electrons. The van der Waals surface area contributed by atoms with Crippen LogP contribution in [0.25, 0.3) is 0 Å². The van der Waals surface area contributed by atoms with Gasteiger partial charge in [0.15, 0.2) is 0 Å². The van der Waals surface area contributed by atoms with Gasteiger partial charge in [0.05, 0.1) is 5.69 Å². The number of halogens is 2. The average Bonchev–Trinajstić information content (AvgIpc) is 2.37. The maximum Gasteiger partial charge on any atom is 0.245 e. The molecule has 2 aromatic rings. The fourth-order valence-corrected chi connectivity index (χ4v) is 2.89. The summed E-state index contributed by atoms with van der Waals surface area (Å²) in [6.45, 7) is -0.289. The van der Waals surface area contributed by atoms with Crippen molar-refractivity contribution in [2.45, 2.75) is 11.4 Å². The van der Waals surface area contributed by atoms with E-state index in [4.69, 9.17) is 5.73 Å². The normalized spacial score (nSPS) is 11.5. The van der Waals surface area contributed by atoms with Crippen molar-refractivity contribution in [3.8, 4) is 0 Å². The van der Waals surface area contributed by atoms with E-state index in [0.717, 1.165) is 6.07 Å². The van der Waals surface area contributed by atoms with Crippen LogP contribution >= 0.6 is 0 Å². The Kier molecular flexibility index (Phi) is 4.01. The first-order chi connectivity index (χ1) is 9.42. The van der Waals surface area contributed by atoms with Crippen LogP contribution in [0, 0.1) is 11.6 Å². The summed E-state index contributed by atoms with van der Waals surface area (Å²) >= 11 is 0. The summed E-state index contributed by atoms with van der Waals surface area (Å²) in [5.41, 5.74) is 5.43. The number of rotatable bonds is 4. The molecule has 0 amide bonds. The first-order valence-corrected chi connectivity index (χ1v) is 7.17. The molecule has 0 aliphatic carbocycles. The second-order valence-corrected chi connectivity index (χ2v) is 5.78. The Hall–Kier alpha value is -1.99. The predicted octanol–water partition coefficient (Wildman–Crippen LogP) is 2.03. The van der Waals surface area contributed by atoms with Gasteiger partial charge in [0.25, 0.3) is 0 Å². The van der Waals surface area contributed by atoms with Crippen LogP contribution in [-0.2, 0) is 16.6 Å². The molecule has 0 spiro atoms. The van der Waals surface area contributed by atoms with Crippen LogP contribution in [0.2, 0.25) is 0 Å². The lowest BCUT2D eigenvalue weighted by atomic mass is 10.2. The second kappa shape index (κ2) is 5.56. The predicted molar refractivity (Wildman–Crippen MR) is 71.2 cm³/mol. The van der Waals surface area contributed by atoms with Crippen LogP contribution in [0.5, 0.6) is 0 Å². The van der Waals surface area contributed by atoms with E-state index >= 15 is 0 Å². The summed E-state index contributed by atoms with van der Waals surface area (Å²) in [4.78, 5) is -0.628. The lowest BCUT2D eigenvalue weighted by molar-refractivity contribution is 0.555. The smallest absolute Gasteiger partial charge is 0.245 e. The van der Waals surface area contributed by atoms with Crippen LogP contribution in [0.4, 0.5) is 14.5 Å². The Balaban J connectivity index is 2.27. The molecule has 3 N–H and O–H groups in total. The average molecular weight is 298 g/mol. The standard InChI is InChI=1S/C13H12F2N2O2S/c14-10-5-2-1-4-9(10)8-17-20(18,19)13-11(15)6-3-7-12(13)16/h1-7,17H,8,16H2. The zero-order chi connectivity index (χ0) is 14.8. The molecule has 0 unspecified atom stereocenters. The third-order valence-electron chi connectivity index (χ3n) is 2.68. The molecular weight excluding hydrogens is 286 g/mol. The Morgan fingerprint density at radius 2 is 1.65 bits per heavy atom. The molecule has 106 valence electrons. The molecule has 20 heavy (non-hydrogen) atoms. The summed E-state index contributed by atoms with van der Waals surface area (Å²) in [5, 5.41) is 0. The van der Waals surface area contributed by atoms with Gasteiger partial charge >= 0.3 is 0 Å².